The molecule has 100 valence electrons. The molecule has 1 aromatic heterocycles. The zero-order chi connectivity index (χ0) is 12.8. The molecule has 0 radical (unpaired) electrons. The van der Waals surface area contributed by atoms with E-state index in [0.29, 0.717) is 24.7 Å². The van der Waals surface area contributed by atoms with Crippen LogP contribution in [0.2, 0.25) is 0 Å². The van der Waals surface area contributed by atoms with Crippen molar-refractivity contribution in [3.05, 3.63) is 11.7 Å². The van der Waals surface area contributed by atoms with Gasteiger partial charge in [-0.3, -0.25) is 0 Å². The number of hydrogen-bond donors (Lipinski definition) is 0. The van der Waals surface area contributed by atoms with Crippen molar-refractivity contribution < 1.29 is 9.32 Å². The number of carbonyl (C=O) groups excluding carboxylic acids is 1. The third-order valence-electron chi connectivity index (χ3n) is 3.65. The second-order valence-corrected chi connectivity index (χ2v) is 5.29. The van der Waals surface area contributed by atoms with Crippen LogP contribution in [0.25, 0.3) is 0 Å². The van der Waals surface area contributed by atoms with Gasteiger partial charge in [-0.1, -0.05) is 37.3 Å². The van der Waals surface area contributed by atoms with Gasteiger partial charge in [0, 0.05) is 18.8 Å². The van der Waals surface area contributed by atoms with Crippen molar-refractivity contribution in [1.29, 1.82) is 0 Å². The zero-order valence-electron chi connectivity index (χ0n) is 11.2. The summed E-state index contributed by atoms with van der Waals surface area (Å²) in [6.45, 7) is 1.59. The lowest BCUT2D eigenvalue weighted by Gasteiger charge is -2.15. The fourth-order valence-corrected chi connectivity index (χ4v) is 2.53. The minimum atomic E-state index is 0.167. The van der Waals surface area contributed by atoms with Gasteiger partial charge in [0.25, 0.3) is 0 Å². The molecule has 1 aliphatic rings. The minimum absolute atomic E-state index is 0.167. The maximum Gasteiger partial charge on any atom is 0.227 e. The highest BCUT2D eigenvalue weighted by Gasteiger charge is 2.19. The predicted octanol–water partition coefficient (Wildman–Crippen LogP) is 3.42. The number of aryl methyl sites for hydroxylation is 1. The summed E-state index contributed by atoms with van der Waals surface area (Å²) in [6.07, 6.45) is 9.96. The van der Waals surface area contributed by atoms with E-state index in [2.05, 4.69) is 10.1 Å². The quantitative estimate of drug-likeness (QED) is 0.821. The summed E-state index contributed by atoms with van der Waals surface area (Å²) in [5.41, 5.74) is 0. The Hall–Kier alpha value is -1.19. The van der Waals surface area contributed by atoms with Crippen LogP contribution in [-0.4, -0.2) is 15.9 Å². The third-order valence-corrected chi connectivity index (χ3v) is 3.65. The summed E-state index contributed by atoms with van der Waals surface area (Å²) in [4.78, 5) is 15.4. The van der Waals surface area contributed by atoms with Gasteiger partial charge in [-0.05, 0) is 19.8 Å². The molecule has 18 heavy (non-hydrogen) atoms. The van der Waals surface area contributed by atoms with Crippen molar-refractivity contribution in [2.45, 2.75) is 70.6 Å². The smallest absolute Gasteiger partial charge is 0.227 e. The van der Waals surface area contributed by atoms with Crippen molar-refractivity contribution in [3.8, 4) is 0 Å². The van der Waals surface area contributed by atoms with E-state index in [1.165, 1.54) is 44.9 Å². The van der Waals surface area contributed by atoms with E-state index in [4.69, 9.17) is 4.52 Å². The minimum Gasteiger partial charge on any atom is -0.339 e. The third kappa shape index (κ3) is 3.93. The molecule has 0 bridgehead atoms. The van der Waals surface area contributed by atoms with Crippen molar-refractivity contribution in [2.24, 2.45) is 0 Å². The number of Topliss-reactive ketones (excluding diaryl/α,β-unsaturated/α-hetero) is 1. The molecule has 0 saturated heterocycles. The number of rotatable bonds is 4. The van der Waals surface area contributed by atoms with Gasteiger partial charge in [-0.15, -0.1) is 0 Å². The standard InChI is InChI=1S/C14H22N2O2/c1-11(17)9-10-13-15-14(16-18-13)12-7-5-3-2-4-6-8-12/h12H,2-10H2,1H3. The largest absolute Gasteiger partial charge is 0.339 e. The molecule has 0 atom stereocenters. The van der Waals surface area contributed by atoms with Gasteiger partial charge in [-0.25, -0.2) is 0 Å². The van der Waals surface area contributed by atoms with E-state index in [9.17, 15) is 4.79 Å². The van der Waals surface area contributed by atoms with E-state index in [-0.39, 0.29) is 5.78 Å². The van der Waals surface area contributed by atoms with E-state index < -0.39 is 0 Å². The van der Waals surface area contributed by atoms with Crippen LogP contribution in [0.15, 0.2) is 4.52 Å². The molecule has 0 spiro atoms. The first-order valence-corrected chi connectivity index (χ1v) is 7.07. The first kappa shape index (κ1) is 13.2. The highest BCUT2D eigenvalue weighted by Crippen LogP contribution is 2.29. The topological polar surface area (TPSA) is 56.0 Å². The Kier molecular flexibility index (Phi) is 4.90. The van der Waals surface area contributed by atoms with Crippen molar-refractivity contribution in [2.75, 3.05) is 0 Å². The number of hydrogen-bond acceptors (Lipinski definition) is 4. The molecule has 1 aliphatic carbocycles. The highest BCUT2D eigenvalue weighted by atomic mass is 16.5. The Morgan fingerprint density at radius 3 is 2.56 bits per heavy atom. The lowest BCUT2D eigenvalue weighted by atomic mass is 9.91. The van der Waals surface area contributed by atoms with Gasteiger partial charge in [0.1, 0.15) is 5.78 Å². The Labute approximate surface area is 108 Å². The second-order valence-electron chi connectivity index (χ2n) is 5.29. The molecule has 0 N–H and O–H groups in total. The second kappa shape index (κ2) is 6.66. The van der Waals surface area contributed by atoms with Gasteiger partial charge in [-0.2, -0.15) is 4.98 Å². The molecule has 0 unspecified atom stereocenters. The predicted molar refractivity (Wildman–Crippen MR) is 68.4 cm³/mol. The average Bonchev–Trinajstić information content (AvgIpc) is 2.74. The maximum atomic E-state index is 10.9. The van der Waals surface area contributed by atoms with Crippen molar-refractivity contribution >= 4 is 5.78 Å². The van der Waals surface area contributed by atoms with E-state index in [1.807, 2.05) is 0 Å². The monoisotopic (exact) mass is 250 g/mol. The van der Waals surface area contributed by atoms with Gasteiger partial charge >= 0.3 is 0 Å². The van der Waals surface area contributed by atoms with Crippen molar-refractivity contribution in [3.63, 3.8) is 0 Å². The normalized spacial score (nSPS) is 18.3. The molecular weight excluding hydrogens is 228 g/mol. The molecule has 0 amide bonds. The Balaban J connectivity index is 1.92. The van der Waals surface area contributed by atoms with Crippen LogP contribution in [0.4, 0.5) is 0 Å². The van der Waals surface area contributed by atoms with Crippen LogP contribution in [0, 0.1) is 0 Å². The Bertz CT molecular complexity index is 379. The summed E-state index contributed by atoms with van der Waals surface area (Å²) in [5.74, 6) is 2.10. The highest BCUT2D eigenvalue weighted by molar-refractivity contribution is 5.75. The molecule has 0 aliphatic heterocycles. The van der Waals surface area contributed by atoms with Gasteiger partial charge < -0.3 is 9.32 Å². The van der Waals surface area contributed by atoms with Gasteiger partial charge in [0.2, 0.25) is 5.89 Å². The molecule has 1 heterocycles. The van der Waals surface area contributed by atoms with Crippen LogP contribution in [0.1, 0.15) is 75.9 Å². The van der Waals surface area contributed by atoms with E-state index in [1.54, 1.807) is 6.92 Å². The lowest BCUT2D eigenvalue weighted by Crippen LogP contribution is -2.04. The molecule has 4 heteroatoms. The molecule has 1 saturated carbocycles. The van der Waals surface area contributed by atoms with Crippen LogP contribution < -0.4 is 0 Å². The fourth-order valence-electron chi connectivity index (χ4n) is 2.53. The van der Waals surface area contributed by atoms with E-state index >= 15 is 0 Å². The number of aromatic nitrogens is 2. The Morgan fingerprint density at radius 1 is 1.22 bits per heavy atom. The van der Waals surface area contributed by atoms with Crippen molar-refractivity contribution in [1.82, 2.24) is 10.1 Å². The average molecular weight is 250 g/mol. The SMILES string of the molecule is CC(=O)CCc1nc(C2CCCCCCC2)no1. The van der Waals surface area contributed by atoms with Gasteiger partial charge in [0.15, 0.2) is 5.82 Å². The van der Waals surface area contributed by atoms with E-state index in [0.717, 1.165) is 5.82 Å². The number of nitrogens with zero attached hydrogens (tertiary/aromatic N) is 2. The molecule has 4 nitrogen and oxygen atoms in total. The number of ketones is 1. The molecule has 2 rings (SSSR count). The number of carbonyl (C=O) groups is 1. The van der Waals surface area contributed by atoms with Crippen LogP contribution in [0.5, 0.6) is 0 Å². The van der Waals surface area contributed by atoms with Gasteiger partial charge in [0.05, 0.1) is 0 Å². The van der Waals surface area contributed by atoms with Crippen LogP contribution in [-0.2, 0) is 11.2 Å². The summed E-state index contributed by atoms with van der Waals surface area (Å²) in [6, 6.07) is 0. The zero-order valence-corrected chi connectivity index (χ0v) is 11.2. The van der Waals surface area contributed by atoms with Crippen LogP contribution in [0.3, 0.4) is 0 Å². The molecular formula is C14H22N2O2. The lowest BCUT2D eigenvalue weighted by molar-refractivity contribution is -0.117. The molecule has 1 aromatic rings. The summed E-state index contributed by atoms with van der Waals surface area (Å²) in [7, 11) is 0. The first-order chi connectivity index (χ1) is 8.75. The fraction of sp³-hybridized carbons (Fsp3) is 0.786. The first-order valence-electron chi connectivity index (χ1n) is 7.07. The molecule has 0 aromatic carbocycles. The maximum absolute atomic E-state index is 10.9. The summed E-state index contributed by atoms with van der Waals surface area (Å²) in [5, 5.41) is 4.09. The summed E-state index contributed by atoms with van der Waals surface area (Å²) >= 11 is 0. The van der Waals surface area contributed by atoms with Crippen LogP contribution >= 0.6 is 0 Å². The Morgan fingerprint density at radius 2 is 1.89 bits per heavy atom. The summed E-state index contributed by atoms with van der Waals surface area (Å²) < 4.78 is 5.23. The molecule has 1 fully saturated rings.